The molecule has 120 valence electrons. The van der Waals surface area contributed by atoms with Gasteiger partial charge in [-0.05, 0) is 44.0 Å². The van der Waals surface area contributed by atoms with Crippen LogP contribution in [0.15, 0.2) is 12.1 Å². The molecule has 5 nitrogen and oxygen atoms in total. The van der Waals surface area contributed by atoms with Crippen molar-refractivity contribution in [2.24, 2.45) is 0 Å². The maximum absolute atomic E-state index is 12.2. The fourth-order valence-electron chi connectivity index (χ4n) is 2.99. The Morgan fingerprint density at radius 1 is 1.41 bits per heavy atom. The largest absolute Gasteiger partial charge is 0.486 e. The number of benzene rings is 1. The maximum atomic E-state index is 12.2. The van der Waals surface area contributed by atoms with Gasteiger partial charge in [-0.15, -0.1) is 0 Å². The number of nitrogens with one attached hydrogen (secondary N) is 2. The summed E-state index contributed by atoms with van der Waals surface area (Å²) in [5, 5.41) is 6.98. The predicted octanol–water partition coefficient (Wildman–Crippen LogP) is 1.91. The highest BCUT2D eigenvalue weighted by atomic mass is 35.5. The summed E-state index contributed by atoms with van der Waals surface area (Å²) < 4.78 is 11.0. The molecular weight excluding hydrogens is 304 g/mol. The second-order valence-corrected chi connectivity index (χ2v) is 6.33. The van der Waals surface area contributed by atoms with Crippen molar-refractivity contribution in [1.82, 2.24) is 10.6 Å². The molecule has 2 heterocycles. The number of rotatable bonds is 3. The quantitative estimate of drug-likeness (QED) is 0.891. The van der Waals surface area contributed by atoms with Gasteiger partial charge in [0.2, 0.25) is 5.91 Å². The standard InChI is InChI=1S/C16H21ClN2O3/c1-10-6-12(2-3-18-10)19-15(20)9-11-7-13(17)16-14(8-11)21-4-5-22-16/h7-8,10,12,18H,2-6,9H2,1H3,(H,19,20). The van der Waals surface area contributed by atoms with Crippen LogP contribution in [0.25, 0.3) is 0 Å². The number of piperidine rings is 1. The molecule has 1 aromatic rings. The van der Waals surface area contributed by atoms with Gasteiger partial charge in [0.1, 0.15) is 13.2 Å². The number of ether oxygens (including phenoxy) is 2. The molecule has 0 radical (unpaired) electrons. The summed E-state index contributed by atoms with van der Waals surface area (Å²) in [4.78, 5) is 12.2. The molecule has 2 atom stereocenters. The van der Waals surface area contributed by atoms with Crippen molar-refractivity contribution in [1.29, 1.82) is 0 Å². The Hall–Kier alpha value is -1.46. The van der Waals surface area contributed by atoms with Gasteiger partial charge in [0.05, 0.1) is 11.4 Å². The minimum Gasteiger partial charge on any atom is -0.486 e. The third-order valence-corrected chi connectivity index (χ3v) is 4.29. The zero-order valence-corrected chi connectivity index (χ0v) is 13.4. The Kier molecular flexibility index (Phi) is 4.74. The smallest absolute Gasteiger partial charge is 0.224 e. The first-order valence-electron chi connectivity index (χ1n) is 7.72. The molecule has 2 unspecified atom stereocenters. The molecular formula is C16H21ClN2O3. The van der Waals surface area contributed by atoms with E-state index in [1.807, 2.05) is 6.07 Å². The van der Waals surface area contributed by atoms with Crippen molar-refractivity contribution in [3.63, 3.8) is 0 Å². The Labute approximate surface area is 135 Å². The third kappa shape index (κ3) is 3.65. The Morgan fingerprint density at radius 2 is 2.23 bits per heavy atom. The highest BCUT2D eigenvalue weighted by Gasteiger charge is 2.21. The topological polar surface area (TPSA) is 59.6 Å². The van der Waals surface area contributed by atoms with Gasteiger partial charge in [0.15, 0.2) is 11.5 Å². The maximum Gasteiger partial charge on any atom is 0.224 e. The van der Waals surface area contributed by atoms with Crippen LogP contribution in [0.1, 0.15) is 25.3 Å². The van der Waals surface area contributed by atoms with Crippen LogP contribution in [0, 0.1) is 0 Å². The summed E-state index contributed by atoms with van der Waals surface area (Å²) in [5.41, 5.74) is 0.841. The number of halogens is 1. The molecule has 1 fully saturated rings. The van der Waals surface area contributed by atoms with Crippen LogP contribution in [0.3, 0.4) is 0 Å². The average Bonchev–Trinajstić information content (AvgIpc) is 2.47. The van der Waals surface area contributed by atoms with Crippen LogP contribution in [0.4, 0.5) is 0 Å². The molecule has 2 aliphatic heterocycles. The minimum absolute atomic E-state index is 0.0202. The molecule has 0 saturated carbocycles. The van der Waals surface area contributed by atoms with Crippen molar-refractivity contribution < 1.29 is 14.3 Å². The van der Waals surface area contributed by atoms with Crippen molar-refractivity contribution in [2.75, 3.05) is 19.8 Å². The van der Waals surface area contributed by atoms with E-state index in [1.165, 1.54) is 0 Å². The highest BCUT2D eigenvalue weighted by Crippen LogP contribution is 2.38. The second-order valence-electron chi connectivity index (χ2n) is 5.92. The lowest BCUT2D eigenvalue weighted by atomic mass is 10.00. The van der Waals surface area contributed by atoms with E-state index in [9.17, 15) is 4.79 Å². The van der Waals surface area contributed by atoms with E-state index in [2.05, 4.69) is 17.6 Å². The van der Waals surface area contributed by atoms with Gasteiger partial charge in [0.25, 0.3) is 0 Å². The number of hydrogen-bond donors (Lipinski definition) is 2. The molecule has 0 spiro atoms. The fourth-order valence-corrected chi connectivity index (χ4v) is 3.28. The van der Waals surface area contributed by atoms with Crippen LogP contribution in [-0.4, -0.2) is 37.7 Å². The normalized spacial score (nSPS) is 23.9. The van der Waals surface area contributed by atoms with Gasteiger partial charge in [-0.25, -0.2) is 0 Å². The van der Waals surface area contributed by atoms with Gasteiger partial charge < -0.3 is 20.1 Å². The van der Waals surface area contributed by atoms with Crippen molar-refractivity contribution in [3.8, 4) is 11.5 Å². The Bertz CT molecular complexity index is 565. The lowest BCUT2D eigenvalue weighted by Crippen LogP contribution is -2.46. The Balaban J connectivity index is 1.62. The molecule has 2 aliphatic rings. The fraction of sp³-hybridized carbons (Fsp3) is 0.562. The van der Waals surface area contributed by atoms with Crippen LogP contribution in [0.2, 0.25) is 5.02 Å². The zero-order chi connectivity index (χ0) is 15.5. The lowest BCUT2D eigenvalue weighted by molar-refractivity contribution is -0.121. The molecule has 1 saturated heterocycles. The molecule has 0 aliphatic carbocycles. The zero-order valence-electron chi connectivity index (χ0n) is 12.7. The van der Waals surface area contributed by atoms with E-state index in [1.54, 1.807) is 6.07 Å². The second kappa shape index (κ2) is 6.75. The summed E-state index contributed by atoms with van der Waals surface area (Å²) in [7, 11) is 0. The summed E-state index contributed by atoms with van der Waals surface area (Å²) >= 11 is 6.20. The number of amides is 1. The summed E-state index contributed by atoms with van der Waals surface area (Å²) in [5.74, 6) is 1.22. The molecule has 0 aromatic heterocycles. The van der Waals surface area contributed by atoms with E-state index >= 15 is 0 Å². The van der Waals surface area contributed by atoms with Gasteiger partial charge >= 0.3 is 0 Å². The summed E-state index contributed by atoms with van der Waals surface area (Å²) in [6.45, 7) is 4.09. The summed E-state index contributed by atoms with van der Waals surface area (Å²) in [6.07, 6.45) is 2.24. The first kappa shape index (κ1) is 15.4. The monoisotopic (exact) mass is 324 g/mol. The molecule has 1 amide bonds. The first-order chi connectivity index (χ1) is 10.6. The molecule has 1 aromatic carbocycles. The van der Waals surface area contributed by atoms with E-state index in [0.717, 1.165) is 24.9 Å². The van der Waals surface area contributed by atoms with Crippen molar-refractivity contribution in [3.05, 3.63) is 22.7 Å². The predicted molar refractivity (Wildman–Crippen MR) is 84.8 cm³/mol. The molecule has 0 bridgehead atoms. The van der Waals surface area contributed by atoms with E-state index < -0.39 is 0 Å². The summed E-state index contributed by atoms with van der Waals surface area (Å²) in [6, 6.07) is 4.31. The van der Waals surface area contributed by atoms with Gasteiger partial charge in [-0.3, -0.25) is 4.79 Å². The molecule has 3 rings (SSSR count). The highest BCUT2D eigenvalue weighted by molar-refractivity contribution is 6.32. The van der Waals surface area contributed by atoms with E-state index in [-0.39, 0.29) is 11.9 Å². The minimum atomic E-state index is 0.0202. The molecule has 6 heteroatoms. The SMILES string of the molecule is CC1CC(NC(=O)Cc2cc(Cl)c3c(c2)OCCO3)CCN1. The lowest BCUT2D eigenvalue weighted by Gasteiger charge is -2.28. The van der Waals surface area contributed by atoms with Crippen LogP contribution in [0.5, 0.6) is 11.5 Å². The Morgan fingerprint density at radius 3 is 3.05 bits per heavy atom. The number of fused-ring (bicyclic) bond motifs is 1. The number of carbonyl (C=O) groups excluding carboxylic acids is 1. The first-order valence-corrected chi connectivity index (χ1v) is 8.10. The van der Waals surface area contributed by atoms with Crippen LogP contribution < -0.4 is 20.1 Å². The van der Waals surface area contributed by atoms with Crippen LogP contribution in [-0.2, 0) is 11.2 Å². The van der Waals surface area contributed by atoms with Crippen LogP contribution >= 0.6 is 11.6 Å². The van der Waals surface area contributed by atoms with E-state index in [0.29, 0.717) is 42.2 Å². The van der Waals surface area contributed by atoms with Crippen molar-refractivity contribution in [2.45, 2.75) is 38.3 Å². The number of carbonyl (C=O) groups is 1. The molecule has 22 heavy (non-hydrogen) atoms. The third-order valence-electron chi connectivity index (χ3n) is 4.01. The van der Waals surface area contributed by atoms with Gasteiger partial charge in [-0.1, -0.05) is 11.6 Å². The van der Waals surface area contributed by atoms with Gasteiger partial charge in [-0.2, -0.15) is 0 Å². The molecule has 2 N–H and O–H groups in total. The van der Waals surface area contributed by atoms with E-state index in [4.69, 9.17) is 21.1 Å². The number of hydrogen-bond acceptors (Lipinski definition) is 4. The van der Waals surface area contributed by atoms with Crippen molar-refractivity contribution >= 4 is 17.5 Å². The average molecular weight is 325 g/mol. The van der Waals surface area contributed by atoms with Gasteiger partial charge in [0, 0.05) is 12.1 Å².